The van der Waals surface area contributed by atoms with Crippen molar-refractivity contribution in [3.63, 3.8) is 0 Å². The lowest BCUT2D eigenvalue weighted by molar-refractivity contribution is -0.111. The molecule has 0 radical (unpaired) electrons. The van der Waals surface area contributed by atoms with Gasteiger partial charge in [-0.25, -0.2) is 4.79 Å². The van der Waals surface area contributed by atoms with Crippen LogP contribution in [0.3, 0.4) is 0 Å². The SMILES string of the molecule is COC(=O)c1c(NC(=O)C=Cc2cnn(C)c2C)sc2c1CCCC2. The number of carbonyl (C=O) groups excluding carboxylic acids is 2. The van der Waals surface area contributed by atoms with Crippen molar-refractivity contribution in [2.45, 2.75) is 32.6 Å². The molecular weight excluding hydrogens is 338 g/mol. The van der Waals surface area contributed by atoms with Crippen molar-refractivity contribution in [1.82, 2.24) is 9.78 Å². The molecule has 132 valence electrons. The first-order valence-corrected chi connectivity index (χ1v) is 9.03. The maximum atomic E-state index is 12.3. The molecule has 0 unspecified atom stereocenters. The maximum Gasteiger partial charge on any atom is 0.341 e. The fraction of sp³-hybridized carbons (Fsp3) is 0.389. The summed E-state index contributed by atoms with van der Waals surface area (Å²) in [5.41, 5.74) is 3.41. The average Bonchev–Trinajstić information content (AvgIpc) is 3.13. The third-order valence-electron chi connectivity index (χ3n) is 4.49. The minimum atomic E-state index is -0.387. The van der Waals surface area contributed by atoms with Crippen LogP contribution in [-0.2, 0) is 29.4 Å². The molecule has 0 atom stereocenters. The van der Waals surface area contributed by atoms with E-state index in [0.29, 0.717) is 10.6 Å². The van der Waals surface area contributed by atoms with E-state index in [2.05, 4.69) is 10.4 Å². The van der Waals surface area contributed by atoms with E-state index in [1.54, 1.807) is 17.0 Å². The zero-order valence-corrected chi connectivity index (χ0v) is 15.4. The molecule has 2 aromatic heterocycles. The van der Waals surface area contributed by atoms with Gasteiger partial charge in [-0.15, -0.1) is 11.3 Å². The van der Waals surface area contributed by atoms with Crippen molar-refractivity contribution < 1.29 is 14.3 Å². The molecule has 1 aliphatic carbocycles. The van der Waals surface area contributed by atoms with Gasteiger partial charge in [-0.2, -0.15) is 5.10 Å². The van der Waals surface area contributed by atoms with E-state index >= 15 is 0 Å². The average molecular weight is 359 g/mol. The van der Waals surface area contributed by atoms with Crippen LogP contribution in [0, 0.1) is 6.92 Å². The lowest BCUT2D eigenvalue weighted by Gasteiger charge is -2.11. The lowest BCUT2D eigenvalue weighted by atomic mass is 9.95. The van der Waals surface area contributed by atoms with Crippen LogP contribution >= 0.6 is 11.3 Å². The van der Waals surface area contributed by atoms with Gasteiger partial charge in [0, 0.05) is 29.3 Å². The van der Waals surface area contributed by atoms with Crippen molar-refractivity contribution in [3.8, 4) is 0 Å². The molecule has 2 heterocycles. The first-order chi connectivity index (χ1) is 12.0. The summed E-state index contributed by atoms with van der Waals surface area (Å²) in [7, 11) is 3.22. The summed E-state index contributed by atoms with van der Waals surface area (Å²) in [6.07, 6.45) is 8.88. The highest BCUT2D eigenvalue weighted by atomic mass is 32.1. The standard InChI is InChI=1S/C18H21N3O3S/c1-11-12(10-19-21(11)2)8-9-15(22)20-17-16(18(23)24-3)13-6-4-5-7-14(13)25-17/h8-10H,4-7H2,1-3H3,(H,20,22). The number of rotatable bonds is 4. The molecule has 0 aliphatic heterocycles. The summed E-state index contributed by atoms with van der Waals surface area (Å²) in [4.78, 5) is 25.7. The van der Waals surface area contributed by atoms with E-state index in [-0.39, 0.29) is 11.9 Å². The van der Waals surface area contributed by atoms with E-state index < -0.39 is 0 Å². The fourth-order valence-electron chi connectivity index (χ4n) is 2.97. The van der Waals surface area contributed by atoms with Crippen LogP contribution in [0.25, 0.3) is 6.08 Å². The van der Waals surface area contributed by atoms with E-state index in [9.17, 15) is 9.59 Å². The van der Waals surface area contributed by atoms with Crippen molar-refractivity contribution >= 4 is 34.3 Å². The van der Waals surface area contributed by atoms with Gasteiger partial charge >= 0.3 is 5.97 Å². The molecule has 7 heteroatoms. The normalized spacial score (nSPS) is 13.7. The molecule has 0 spiro atoms. The smallest absolute Gasteiger partial charge is 0.341 e. The maximum absolute atomic E-state index is 12.3. The highest BCUT2D eigenvalue weighted by Gasteiger charge is 2.26. The van der Waals surface area contributed by atoms with Gasteiger partial charge in [0.15, 0.2) is 0 Å². The Morgan fingerprint density at radius 1 is 1.36 bits per heavy atom. The molecule has 0 aromatic carbocycles. The van der Waals surface area contributed by atoms with Crippen molar-refractivity contribution in [2.24, 2.45) is 7.05 Å². The number of ether oxygens (including phenoxy) is 1. The van der Waals surface area contributed by atoms with E-state index in [1.165, 1.54) is 29.4 Å². The number of amides is 1. The fourth-order valence-corrected chi connectivity index (χ4v) is 4.25. The summed E-state index contributed by atoms with van der Waals surface area (Å²) in [6, 6.07) is 0. The lowest BCUT2D eigenvalue weighted by Crippen LogP contribution is -2.13. The van der Waals surface area contributed by atoms with Crippen LogP contribution in [0.4, 0.5) is 5.00 Å². The van der Waals surface area contributed by atoms with Crippen molar-refractivity contribution in [3.05, 3.63) is 39.5 Å². The van der Waals surface area contributed by atoms with E-state index in [1.807, 2.05) is 14.0 Å². The highest BCUT2D eigenvalue weighted by molar-refractivity contribution is 7.17. The minimum Gasteiger partial charge on any atom is -0.465 e. The second-order valence-electron chi connectivity index (χ2n) is 6.04. The van der Waals surface area contributed by atoms with Gasteiger partial charge in [0.2, 0.25) is 5.91 Å². The molecule has 0 saturated heterocycles. The zero-order chi connectivity index (χ0) is 18.0. The molecule has 1 N–H and O–H groups in total. The number of hydrogen-bond acceptors (Lipinski definition) is 5. The van der Waals surface area contributed by atoms with Gasteiger partial charge in [0.25, 0.3) is 0 Å². The second-order valence-corrected chi connectivity index (χ2v) is 7.14. The molecule has 25 heavy (non-hydrogen) atoms. The Kier molecular flexibility index (Phi) is 5.03. The number of methoxy groups -OCH3 is 1. The number of anilines is 1. The van der Waals surface area contributed by atoms with Crippen LogP contribution in [0.15, 0.2) is 12.3 Å². The number of carbonyl (C=O) groups is 2. The van der Waals surface area contributed by atoms with Crippen LogP contribution in [-0.4, -0.2) is 28.8 Å². The summed E-state index contributed by atoms with van der Waals surface area (Å²) in [6.45, 7) is 1.94. The number of hydrogen-bond donors (Lipinski definition) is 1. The minimum absolute atomic E-state index is 0.271. The van der Waals surface area contributed by atoms with Gasteiger partial charge in [-0.3, -0.25) is 9.48 Å². The molecule has 1 amide bonds. The summed E-state index contributed by atoms with van der Waals surface area (Å²) in [5.74, 6) is -0.659. The molecule has 6 nitrogen and oxygen atoms in total. The highest BCUT2D eigenvalue weighted by Crippen LogP contribution is 2.38. The van der Waals surface area contributed by atoms with Gasteiger partial charge in [-0.05, 0) is 44.2 Å². The van der Waals surface area contributed by atoms with Crippen LogP contribution in [0.2, 0.25) is 0 Å². The zero-order valence-electron chi connectivity index (χ0n) is 14.6. The number of aryl methyl sites for hydroxylation is 2. The van der Waals surface area contributed by atoms with Crippen LogP contribution in [0.1, 0.15) is 44.9 Å². The Bertz CT molecular complexity index is 848. The Labute approximate surface area is 150 Å². The van der Waals surface area contributed by atoms with Gasteiger partial charge in [-0.1, -0.05) is 0 Å². The summed E-state index contributed by atoms with van der Waals surface area (Å²) < 4.78 is 6.67. The Morgan fingerprint density at radius 2 is 2.12 bits per heavy atom. The molecule has 0 fully saturated rings. The summed E-state index contributed by atoms with van der Waals surface area (Å²) in [5, 5.41) is 7.57. The monoisotopic (exact) mass is 359 g/mol. The summed E-state index contributed by atoms with van der Waals surface area (Å²) >= 11 is 1.48. The third-order valence-corrected chi connectivity index (χ3v) is 5.69. The van der Waals surface area contributed by atoms with Gasteiger partial charge in [0.1, 0.15) is 5.00 Å². The van der Waals surface area contributed by atoms with Gasteiger partial charge < -0.3 is 10.1 Å². The molecule has 1 aliphatic rings. The predicted molar refractivity (Wildman–Crippen MR) is 97.9 cm³/mol. The topological polar surface area (TPSA) is 73.2 Å². The number of thiophene rings is 1. The molecule has 3 rings (SSSR count). The van der Waals surface area contributed by atoms with E-state index in [0.717, 1.165) is 42.5 Å². The molecule has 0 saturated carbocycles. The quantitative estimate of drug-likeness (QED) is 0.672. The number of fused-ring (bicyclic) bond motifs is 1. The Morgan fingerprint density at radius 3 is 2.80 bits per heavy atom. The number of aromatic nitrogens is 2. The Hall–Kier alpha value is -2.41. The van der Waals surface area contributed by atoms with Crippen LogP contribution < -0.4 is 5.32 Å². The number of nitrogens with zero attached hydrogens (tertiary/aromatic N) is 2. The number of esters is 1. The predicted octanol–water partition coefficient (Wildman–Crippen LogP) is 3.11. The third kappa shape index (κ3) is 3.51. The van der Waals surface area contributed by atoms with E-state index in [4.69, 9.17) is 4.74 Å². The largest absolute Gasteiger partial charge is 0.465 e. The van der Waals surface area contributed by atoms with Gasteiger partial charge in [0.05, 0.1) is 18.9 Å². The molecule has 0 bridgehead atoms. The first kappa shape index (κ1) is 17.4. The van der Waals surface area contributed by atoms with Crippen LogP contribution in [0.5, 0.6) is 0 Å². The first-order valence-electron chi connectivity index (χ1n) is 8.21. The Balaban J connectivity index is 1.82. The van der Waals surface area contributed by atoms with Crippen molar-refractivity contribution in [2.75, 3.05) is 12.4 Å². The molecule has 2 aromatic rings. The van der Waals surface area contributed by atoms with Crippen molar-refractivity contribution in [1.29, 1.82) is 0 Å². The second kappa shape index (κ2) is 7.23. The molecular formula is C18H21N3O3S. The number of nitrogens with one attached hydrogen (secondary N) is 1.